The van der Waals surface area contributed by atoms with Gasteiger partial charge in [0.1, 0.15) is 9.84 Å². The maximum Gasteiger partial charge on any atom is 0.403 e. The molecule has 0 aromatic rings. The Bertz CT molecular complexity index is 400. The first-order valence-corrected chi connectivity index (χ1v) is 7.80. The fourth-order valence-corrected chi connectivity index (χ4v) is 3.64. The molecule has 0 aliphatic carbocycles. The van der Waals surface area contributed by atoms with E-state index in [1.165, 1.54) is 0 Å². The van der Waals surface area contributed by atoms with Crippen LogP contribution in [0.3, 0.4) is 0 Å². The zero-order valence-corrected chi connectivity index (χ0v) is 10.4. The smallest absolute Gasteiger partial charge is 0.403 e. The Labute approximate surface area is 98.4 Å². The number of alkyl halides is 3. The van der Waals surface area contributed by atoms with Crippen molar-refractivity contribution >= 4 is 26.6 Å². The molecule has 5 nitrogen and oxygen atoms in total. The molecule has 0 fully saturated rings. The van der Waals surface area contributed by atoms with E-state index in [4.69, 9.17) is 5.11 Å². The van der Waals surface area contributed by atoms with E-state index in [1.54, 1.807) is 0 Å². The van der Waals surface area contributed by atoms with Gasteiger partial charge >= 0.3 is 12.1 Å². The van der Waals surface area contributed by atoms with Crippen LogP contribution in [0.25, 0.3) is 0 Å². The third-order valence-corrected chi connectivity index (χ3v) is 4.30. The summed E-state index contributed by atoms with van der Waals surface area (Å²) in [6.45, 7) is 0. The molecule has 0 heterocycles. The van der Waals surface area contributed by atoms with Crippen LogP contribution < -0.4 is 0 Å². The molecule has 0 bridgehead atoms. The number of carboxylic acids is 1. The van der Waals surface area contributed by atoms with Gasteiger partial charge in [-0.1, -0.05) is 0 Å². The molecular formula is C7H11F3O5S2. The highest BCUT2D eigenvalue weighted by atomic mass is 32.2. The Morgan fingerprint density at radius 3 is 2.18 bits per heavy atom. The summed E-state index contributed by atoms with van der Waals surface area (Å²) in [5, 5.41) is 8.31. The molecule has 0 rings (SSSR count). The lowest BCUT2D eigenvalue weighted by Gasteiger charge is -2.15. The molecule has 0 saturated heterocycles. The maximum atomic E-state index is 12.2. The second kappa shape index (κ2) is 5.80. The molecule has 10 heteroatoms. The van der Waals surface area contributed by atoms with Gasteiger partial charge in [-0.05, 0) is 0 Å². The van der Waals surface area contributed by atoms with E-state index < -0.39 is 56.0 Å². The molecule has 1 N–H and O–H groups in total. The van der Waals surface area contributed by atoms with Gasteiger partial charge in [-0.15, -0.1) is 0 Å². The van der Waals surface area contributed by atoms with Gasteiger partial charge in [-0.25, -0.2) is 8.42 Å². The summed E-state index contributed by atoms with van der Waals surface area (Å²) in [6, 6.07) is 0. The molecule has 0 radical (unpaired) electrons. The molecule has 0 aliphatic rings. The van der Waals surface area contributed by atoms with Crippen molar-refractivity contribution in [1.82, 2.24) is 0 Å². The number of halogens is 3. The number of hydrogen-bond acceptors (Lipinski definition) is 4. The van der Waals surface area contributed by atoms with Crippen LogP contribution in [0.1, 0.15) is 0 Å². The van der Waals surface area contributed by atoms with Crippen molar-refractivity contribution < 1.29 is 35.7 Å². The van der Waals surface area contributed by atoms with Crippen LogP contribution in [0.5, 0.6) is 0 Å². The second-order valence-corrected chi connectivity index (χ2v) is 7.25. The SMILES string of the molecule is CS(=O)(=O)CCS(=O)CC(C(=O)O)C(F)(F)F. The van der Waals surface area contributed by atoms with Crippen LogP contribution in [0.2, 0.25) is 0 Å². The molecule has 0 aromatic heterocycles. The summed E-state index contributed by atoms with van der Waals surface area (Å²) in [6.07, 6.45) is -4.14. The average Bonchev–Trinajstić information content (AvgIpc) is 2.07. The van der Waals surface area contributed by atoms with E-state index in [1.807, 2.05) is 0 Å². The Morgan fingerprint density at radius 1 is 1.41 bits per heavy atom. The minimum Gasteiger partial charge on any atom is -0.481 e. The predicted molar refractivity (Wildman–Crippen MR) is 54.8 cm³/mol. The van der Waals surface area contributed by atoms with Crippen molar-refractivity contribution in [2.24, 2.45) is 5.92 Å². The van der Waals surface area contributed by atoms with Gasteiger partial charge in [0.2, 0.25) is 0 Å². The molecular weight excluding hydrogens is 285 g/mol. The van der Waals surface area contributed by atoms with Crippen LogP contribution in [-0.2, 0) is 25.4 Å². The topological polar surface area (TPSA) is 88.5 Å². The van der Waals surface area contributed by atoms with Crippen LogP contribution >= 0.6 is 0 Å². The van der Waals surface area contributed by atoms with Crippen LogP contribution in [0.4, 0.5) is 13.2 Å². The zero-order chi connectivity index (χ0) is 13.9. The van der Waals surface area contributed by atoms with Crippen molar-refractivity contribution in [3.05, 3.63) is 0 Å². The zero-order valence-electron chi connectivity index (χ0n) is 8.73. The molecule has 0 saturated carbocycles. The van der Waals surface area contributed by atoms with Gasteiger partial charge < -0.3 is 5.11 Å². The number of carbonyl (C=O) groups is 1. The normalized spacial score (nSPS) is 16.5. The van der Waals surface area contributed by atoms with E-state index >= 15 is 0 Å². The predicted octanol–water partition coefficient (Wildman–Crippen LogP) is 0.0428. The summed E-state index contributed by atoms with van der Waals surface area (Å²) >= 11 is 0. The first kappa shape index (κ1) is 16.4. The van der Waals surface area contributed by atoms with E-state index in [9.17, 15) is 30.6 Å². The fraction of sp³-hybridized carbons (Fsp3) is 0.857. The Hall–Kier alpha value is -0.640. The average molecular weight is 296 g/mol. The van der Waals surface area contributed by atoms with Crippen LogP contribution in [0.15, 0.2) is 0 Å². The largest absolute Gasteiger partial charge is 0.481 e. The molecule has 0 spiro atoms. The quantitative estimate of drug-likeness (QED) is 0.748. The van der Waals surface area contributed by atoms with Crippen molar-refractivity contribution in [2.75, 3.05) is 23.5 Å². The van der Waals surface area contributed by atoms with Gasteiger partial charge in [-0.3, -0.25) is 9.00 Å². The Kier molecular flexibility index (Phi) is 5.59. The molecule has 17 heavy (non-hydrogen) atoms. The number of aliphatic carboxylic acids is 1. The van der Waals surface area contributed by atoms with Gasteiger partial charge in [-0.2, -0.15) is 13.2 Å². The van der Waals surface area contributed by atoms with E-state index in [0.29, 0.717) is 0 Å². The lowest BCUT2D eigenvalue weighted by Crippen LogP contribution is -2.35. The second-order valence-electron chi connectivity index (χ2n) is 3.37. The molecule has 0 aliphatic heterocycles. The third-order valence-electron chi connectivity index (χ3n) is 1.73. The van der Waals surface area contributed by atoms with E-state index in [2.05, 4.69) is 0 Å². The summed E-state index contributed by atoms with van der Waals surface area (Å²) in [5.74, 6) is -7.02. The Morgan fingerprint density at radius 2 is 1.88 bits per heavy atom. The van der Waals surface area contributed by atoms with Crippen molar-refractivity contribution in [3.8, 4) is 0 Å². The molecule has 2 atom stereocenters. The minimum absolute atomic E-state index is 0.501. The molecule has 0 amide bonds. The third kappa shape index (κ3) is 7.31. The summed E-state index contributed by atoms with van der Waals surface area (Å²) in [4.78, 5) is 10.3. The first-order valence-electron chi connectivity index (χ1n) is 4.25. The van der Waals surface area contributed by atoms with Crippen molar-refractivity contribution in [2.45, 2.75) is 6.18 Å². The molecule has 2 unspecified atom stereocenters. The first-order chi connectivity index (χ1) is 7.43. The number of carboxylic acid groups (broad SMARTS) is 1. The lowest BCUT2D eigenvalue weighted by molar-refractivity contribution is -0.188. The summed E-state index contributed by atoms with van der Waals surface area (Å²) in [7, 11) is -5.58. The van der Waals surface area contributed by atoms with Crippen molar-refractivity contribution in [3.63, 3.8) is 0 Å². The minimum atomic E-state index is -4.99. The summed E-state index contributed by atoms with van der Waals surface area (Å²) < 4.78 is 69.0. The Balaban J connectivity index is 4.49. The highest BCUT2D eigenvalue weighted by molar-refractivity contribution is 7.92. The molecule has 102 valence electrons. The van der Waals surface area contributed by atoms with Gasteiger partial charge in [0.25, 0.3) is 0 Å². The standard InChI is InChI=1S/C7H11F3O5S2/c1-17(14,15)3-2-16(13)4-5(6(11)12)7(8,9)10/h5H,2-4H2,1H3,(H,11,12). The van der Waals surface area contributed by atoms with Gasteiger partial charge in [0, 0.05) is 28.6 Å². The highest BCUT2D eigenvalue weighted by Gasteiger charge is 2.45. The highest BCUT2D eigenvalue weighted by Crippen LogP contribution is 2.27. The number of hydrogen-bond donors (Lipinski definition) is 1. The summed E-state index contributed by atoms with van der Waals surface area (Å²) in [5.41, 5.74) is 0. The molecule has 0 aromatic carbocycles. The van der Waals surface area contributed by atoms with Crippen molar-refractivity contribution in [1.29, 1.82) is 0 Å². The number of rotatable bonds is 6. The fourth-order valence-electron chi connectivity index (χ4n) is 0.819. The van der Waals surface area contributed by atoms with E-state index in [-0.39, 0.29) is 0 Å². The van der Waals surface area contributed by atoms with Gasteiger partial charge in [0.15, 0.2) is 5.92 Å². The maximum absolute atomic E-state index is 12.2. The monoisotopic (exact) mass is 296 g/mol. The van der Waals surface area contributed by atoms with E-state index in [0.717, 1.165) is 6.26 Å². The number of sulfone groups is 1. The lowest BCUT2D eigenvalue weighted by atomic mass is 10.2. The van der Waals surface area contributed by atoms with Gasteiger partial charge in [0.05, 0.1) is 5.75 Å². The van der Waals surface area contributed by atoms with Crippen LogP contribution in [0, 0.1) is 5.92 Å². The van der Waals surface area contributed by atoms with Crippen LogP contribution in [-0.4, -0.2) is 53.4 Å².